The number of nitrogens with zero attached hydrogens (tertiary/aromatic N) is 2. The van der Waals surface area contributed by atoms with Gasteiger partial charge in [-0.15, -0.1) is 0 Å². The maximum absolute atomic E-state index is 6.24. The number of halogens is 1. The van der Waals surface area contributed by atoms with Crippen LogP contribution in [0.15, 0.2) is 77.8 Å². The van der Waals surface area contributed by atoms with Crippen LogP contribution in [0.3, 0.4) is 0 Å². The molecule has 0 amide bonds. The zero-order chi connectivity index (χ0) is 20.2. The summed E-state index contributed by atoms with van der Waals surface area (Å²) in [5.41, 5.74) is 3.76. The second kappa shape index (κ2) is 8.33. The van der Waals surface area contributed by atoms with Crippen molar-refractivity contribution in [2.24, 2.45) is 4.99 Å². The minimum atomic E-state index is 0.601. The van der Waals surface area contributed by atoms with E-state index < -0.39 is 0 Å². The van der Waals surface area contributed by atoms with Crippen LogP contribution in [0.2, 0.25) is 5.02 Å². The number of aliphatic imine (C=N–C) groups is 1. The number of hydrogen-bond acceptors (Lipinski definition) is 4. The average molecular weight is 403 g/mol. The molecule has 0 spiro atoms. The summed E-state index contributed by atoms with van der Waals surface area (Å²) in [4.78, 5) is 9.30. The van der Waals surface area contributed by atoms with E-state index in [-0.39, 0.29) is 0 Å². The van der Waals surface area contributed by atoms with Gasteiger partial charge in [-0.25, -0.2) is 9.98 Å². The highest BCUT2D eigenvalue weighted by molar-refractivity contribution is 6.31. The van der Waals surface area contributed by atoms with Gasteiger partial charge in [0.1, 0.15) is 11.5 Å². The molecule has 0 saturated heterocycles. The van der Waals surface area contributed by atoms with Crippen LogP contribution in [0.4, 0.5) is 5.82 Å². The van der Waals surface area contributed by atoms with Crippen molar-refractivity contribution >= 4 is 34.5 Å². The number of benzene rings is 3. The van der Waals surface area contributed by atoms with Crippen molar-refractivity contribution in [2.75, 3.05) is 14.2 Å². The zero-order valence-electron chi connectivity index (χ0n) is 16.1. The fraction of sp³-hybridized carbons (Fsp3) is 0.0833. The predicted molar refractivity (Wildman–Crippen MR) is 119 cm³/mol. The molecule has 4 rings (SSSR count). The number of fused-ring (bicyclic) bond motifs is 1. The summed E-state index contributed by atoms with van der Waals surface area (Å²) in [5.74, 6) is 2.05. The Morgan fingerprint density at radius 3 is 2.48 bits per heavy atom. The third-order valence-electron chi connectivity index (χ3n) is 4.61. The highest BCUT2D eigenvalue weighted by Gasteiger charge is 2.09. The second-order valence-corrected chi connectivity index (χ2v) is 6.86. The van der Waals surface area contributed by atoms with Gasteiger partial charge in [0.05, 0.1) is 19.7 Å². The normalized spacial score (nSPS) is 11.1. The molecule has 29 heavy (non-hydrogen) atoms. The molecule has 0 N–H and O–H groups in total. The van der Waals surface area contributed by atoms with E-state index in [9.17, 15) is 0 Å². The summed E-state index contributed by atoms with van der Waals surface area (Å²) < 4.78 is 10.7. The molecule has 0 unspecified atom stereocenters. The lowest BCUT2D eigenvalue weighted by molar-refractivity contribution is 0.402. The first-order valence-corrected chi connectivity index (χ1v) is 9.47. The van der Waals surface area contributed by atoms with E-state index in [1.165, 1.54) is 0 Å². The van der Waals surface area contributed by atoms with Crippen LogP contribution in [0.5, 0.6) is 11.5 Å². The quantitative estimate of drug-likeness (QED) is 0.367. The number of rotatable bonds is 5. The molecule has 0 saturated carbocycles. The minimum Gasteiger partial charge on any atom is -0.497 e. The van der Waals surface area contributed by atoms with Crippen molar-refractivity contribution in [3.63, 3.8) is 0 Å². The number of aromatic nitrogens is 1. The maximum Gasteiger partial charge on any atom is 0.153 e. The number of ether oxygens (including phenoxy) is 2. The van der Waals surface area contributed by atoms with Crippen molar-refractivity contribution < 1.29 is 9.47 Å². The van der Waals surface area contributed by atoms with Gasteiger partial charge in [-0.2, -0.15) is 0 Å². The molecule has 1 heterocycles. The standard InChI is InChI=1S/C24H19ClN2O2/c1-28-19-9-11-23(29-2)17(12-19)15-26-24-14-20(16-6-4-3-5-7-16)21-13-18(25)8-10-22(21)27-24/h3-15H,1-2H3. The largest absolute Gasteiger partial charge is 0.497 e. The van der Waals surface area contributed by atoms with Crippen molar-refractivity contribution in [3.05, 3.63) is 83.4 Å². The Kier molecular flexibility index (Phi) is 5.45. The van der Waals surface area contributed by atoms with Gasteiger partial charge in [0, 0.05) is 22.2 Å². The lowest BCUT2D eigenvalue weighted by Crippen LogP contribution is -1.93. The van der Waals surface area contributed by atoms with Crippen molar-refractivity contribution in [1.82, 2.24) is 4.98 Å². The molecule has 144 valence electrons. The highest BCUT2D eigenvalue weighted by Crippen LogP contribution is 2.33. The molecule has 0 bridgehead atoms. The average Bonchev–Trinajstić information content (AvgIpc) is 2.77. The molecule has 0 aliphatic carbocycles. The first-order chi connectivity index (χ1) is 14.2. The van der Waals surface area contributed by atoms with Crippen LogP contribution < -0.4 is 9.47 Å². The van der Waals surface area contributed by atoms with E-state index >= 15 is 0 Å². The highest BCUT2D eigenvalue weighted by atomic mass is 35.5. The van der Waals surface area contributed by atoms with E-state index in [1.54, 1.807) is 20.4 Å². The lowest BCUT2D eigenvalue weighted by atomic mass is 10.0. The first-order valence-electron chi connectivity index (χ1n) is 9.10. The van der Waals surface area contributed by atoms with Crippen LogP contribution in [0, 0.1) is 0 Å². The molecule has 0 aliphatic heterocycles. The summed E-state index contributed by atoms with van der Waals surface area (Å²) in [6.07, 6.45) is 1.74. The van der Waals surface area contributed by atoms with Gasteiger partial charge in [0.25, 0.3) is 0 Å². The van der Waals surface area contributed by atoms with Crippen LogP contribution in [0.25, 0.3) is 22.0 Å². The lowest BCUT2D eigenvalue weighted by Gasteiger charge is -2.09. The number of hydrogen-bond donors (Lipinski definition) is 0. The summed E-state index contributed by atoms with van der Waals surface area (Å²) in [5, 5.41) is 1.66. The van der Waals surface area contributed by atoms with Gasteiger partial charge < -0.3 is 9.47 Å². The van der Waals surface area contributed by atoms with Gasteiger partial charge in [-0.3, -0.25) is 0 Å². The Labute approximate surface area is 174 Å². The Morgan fingerprint density at radius 1 is 0.897 bits per heavy atom. The fourth-order valence-corrected chi connectivity index (χ4v) is 3.35. The molecule has 0 fully saturated rings. The van der Waals surface area contributed by atoms with E-state index in [0.717, 1.165) is 33.3 Å². The third kappa shape index (κ3) is 4.08. The fourth-order valence-electron chi connectivity index (χ4n) is 3.18. The molecule has 3 aromatic carbocycles. The third-order valence-corrected chi connectivity index (χ3v) is 4.85. The Hall–Kier alpha value is -3.37. The van der Waals surface area contributed by atoms with E-state index in [2.05, 4.69) is 22.1 Å². The topological polar surface area (TPSA) is 43.7 Å². The zero-order valence-corrected chi connectivity index (χ0v) is 16.9. The monoisotopic (exact) mass is 402 g/mol. The molecule has 4 nitrogen and oxygen atoms in total. The van der Waals surface area contributed by atoms with Crippen LogP contribution in [-0.4, -0.2) is 25.4 Å². The molecule has 0 radical (unpaired) electrons. The van der Waals surface area contributed by atoms with Gasteiger partial charge in [-0.1, -0.05) is 41.9 Å². The van der Waals surface area contributed by atoms with Crippen LogP contribution in [0.1, 0.15) is 5.56 Å². The van der Waals surface area contributed by atoms with E-state index in [4.69, 9.17) is 21.1 Å². The van der Waals surface area contributed by atoms with E-state index in [1.807, 2.05) is 60.7 Å². The number of methoxy groups -OCH3 is 2. The van der Waals surface area contributed by atoms with Gasteiger partial charge in [-0.05, 0) is 53.6 Å². The Morgan fingerprint density at radius 2 is 1.72 bits per heavy atom. The molecular weight excluding hydrogens is 384 g/mol. The van der Waals surface area contributed by atoms with Crippen molar-refractivity contribution in [2.45, 2.75) is 0 Å². The van der Waals surface area contributed by atoms with Crippen molar-refractivity contribution in [3.8, 4) is 22.6 Å². The predicted octanol–water partition coefficient (Wildman–Crippen LogP) is 6.32. The molecular formula is C24H19ClN2O2. The van der Waals surface area contributed by atoms with E-state index in [0.29, 0.717) is 16.6 Å². The molecule has 5 heteroatoms. The second-order valence-electron chi connectivity index (χ2n) is 6.42. The molecule has 0 atom stereocenters. The number of pyridine rings is 1. The molecule has 0 aliphatic rings. The Bertz CT molecular complexity index is 1190. The van der Waals surface area contributed by atoms with Gasteiger partial charge in [0.2, 0.25) is 0 Å². The van der Waals surface area contributed by atoms with Gasteiger partial charge in [0.15, 0.2) is 5.82 Å². The SMILES string of the molecule is COc1ccc(OC)c(C=Nc2cc(-c3ccccc3)c3cc(Cl)ccc3n2)c1. The molecule has 4 aromatic rings. The molecule has 1 aromatic heterocycles. The summed E-state index contributed by atoms with van der Waals surface area (Å²) in [6, 6.07) is 23.4. The van der Waals surface area contributed by atoms with Crippen LogP contribution in [-0.2, 0) is 0 Å². The summed E-state index contributed by atoms with van der Waals surface area (Å²) >= 11 is 6.24. The summed E-state index contributed by atoms with van der Waals surface area (Å²) in [7, 11) is 3.26. The van der Waals surface area contributed by atoms with Gasteiger partial charge >= 0.3 is 0 Å². The smallest absolute Gasteiger partial charge is 0.153 e. The van der Waals surface area contributed by atoms with Crippen molar-refractivity contribution in [1.29, 1.82) is 0 Å². The first kappa shape index (κ1) is 19.0. The maximum atomic E-state index is 6.24. The summed E-state index contributed by atoms with van der Waals surface area (Å²) in [6.45, 7) is 0. The van der Waals surface area contributed by atoms with Crippen LogP contribution >= 0.6 is 11.6 Å². The Balaban J connectivity index is 1.83. The minimum absolute atomic E-state index is 0.601.